The molecule has 0 N–H and O–H groups in total. The molecule has 0 bridgehead atoms. The summed E-state index contributed by atoms with van der Waals surface area (Å²) in [6.45, 7) is 2.23. The van der Waals surface area contributed by atoms with Crippen LogP contribution in [0.2, 0.25) is 0 Å². The van der Waals surface area contributed by atoms with E-state index in [4.69, 9.17) is 11.6 Å². The third kappa shape index (κ3) is 3.22. The second-order valence-corrected chi connectivity index (χ2v) is 7.32. The Morgan fingerprint density at radius 2 is 2.05 bits per heavy atom. The second kappa shape index (κ2) is 6.58. The normalized spacial score (nSPS) is 20.7. The highest BCUT2D eigenvalue weighted by atomic mass is 35.5. The molecule has 2 rings (SSSR count). The molecule has 0 saturated carbocycles. The quantitative estimate of drug-likeness (QED) is 0.786. The Morgan fingerprint density at radius 1 is 1.33 bits per heavy atom. The van der Waals surface area contributed by atoms with Gasteiger partial charge in [-0.1, -0.05) is 13.3 Å². The van der Waals surface area contributed by atoms with Crippen molar-refractivity contribution in [3.8, 4) is 0 Å². The van der Waals surface area contributed by atoms with Crippen LogP contribution in [0.25, 0.3) is 0 Å². The summed E-state index contributed by atoms with van der Waals surface area (Å²) in [6, 6.07) is 1.89. The van der Waals surface area contributed by atoms with Crippen LogP contribution in [0.3, 0.4) is 0 Å². The molecule has 1 aliphatic heterocycles. The molecule has 21 heavy (non-hydrogen) atoms. The zero-order chi connectivity index (χ0) is 15.6. The van der Waals surface area contributed by atoms with Crippen LogP contribution in [0.15, 0.2) is 17.0 Å². The lowest BCUT2D eigenvalue weighted by molar-refractivity contribution is 0.245. The van der Waals surface area contributed by atoms with E-state index in [-0.39, 0.29) is 17.5 Å². The maximum absolute atomic E-state index is 14.0. The van der Waals surface area contributed by atoms with Crippen LogP contribution < -0.4 is 0 Å². The summed E-state index contributed by atoms with van der Waals surface area (Å²) in [5.74, 6) is -2.59. The zero-order valence-corrected chi connectivity index (χ0v) is 13.4. The van der Waals surface area contributed by atoms with Crippen LogP contribution in [0.5, 0.6) is 0 Å². The van der Waals surface area contributed by atoms with Gasteiger partial charge in [0.1, 0.15) is 4.90 Å². The molecular weight excluding hydrogens is 320 g/mol. The maximum Gasteiger partial charge on any atom is 0.246 e. The molecule has 1 aromatic carbocycles. The molecule has 1 aromatic rings. The average Bonchev–Trinajstić information content (AvgIpc) is 2.49. The molecule has 0 radical (unpaired) electrons. The predicted octanol–water partition coefficient (Wildman–Crippen LogP) is 3.66. The minimum Gasteiger partial charge on any atom is -0.207 e. The number of hydrogen-bond acceptors (Lipinski definition) is 2. The molecule has 1 fully saturated rings. The van der Waals surface area contributed by atoms with E-state index in [1.165, 1.54) is 4.31 Å². The second-order valence-electron chi connectivity index (χ2n) is 5.20. The fourth-order valence-electron chi connectivity index (χ4n) is 2.71. The van der Waals surface area contributed by atoms with Crippen LogP contribution in [0.4, 0.5) is 8.78 Å². The van der Waals surface area contributed by atoms with Crippen molar-refractivity contribution in [1.29, 1.82) is 0 Å². The topological polar surface area (TPSA) is 37.4 Å². The smallest absolute Gasteiger partial charge is 0.207 e. The summed E-state index contributed by atoms with van der Waals surface area (Å²) in [6.07, 6.45) is 3.08. The van der Waals surface area contributed by atoms with E-state index in [1.807, 2.05) is 6.92 Å². The monoisotopic (exact) mass is 337 g/mol. The van der Waals surface area contributed by atoms with Gasteiger partial charge in [0.15, 0.2) is 11.6 Å². The first kappa shape index (κ1) is 16.6. The van der Waals surface area contributed by atoms with Gasteiger partial charge in [0.05, 0.1) is 0 Å². The van der Waals surface area contributed by atoms with Gasteiger partial charge >= 0.3 is 0 Å². The predicted molar refractivity (Wildman–Crippen MR) is 77.7 cm³/mol. The van der Waals surface area contributed by atoms with E-state index in [0.29, 0.717) is 13.0 Å². The van der Waals surface area contributed by atoms with Crippen molar-refractivity contribution < 1.29 is 17.2 Å². The highest BCUT2D eigenvalue weighted by Gasteiger charge is 2.35. The number of sulfonamides is 1. The van der Waals surface area contributed by atoms with Crippen molar-refractivity contribution in [3.63, 3.8) is 0 Å². The standard InChI is InChI=1S/C14H18ClF2NO2S/c1-2-11-5-3-4-6-18(11)21(19,20)13-8-10(9-15)7-12(16)14(13)17/h7-8,11H,2-6,9H2,1H3. The lowest BCUT2D eigenvalue weighted by atomic mass is 10.0. The van der Waals surface area contributed by atoms with Crippen LogP contribution in [0, 0.1) is 11.6 Å². The van der Waals surface area contributed by atoms with E-state index in [0.717, 1.165) is 31.4 Å². The lowest BCUT2D eigenvalue weighted by Gasteiger charge is -2.34. The van der Waals surface area contributed by atoms with E-state index >= 15 is 0 Å². The van der Waals surface area contributed by atoms with Gasteiger partial charge < -0.3 is 0 Å². The third-order valence-corrected chi connectivity index (χ3v) is 6.10. The van der Waals surface area contributed by atoms with E-state index in [9.17, 15) is 17.2 Å². The molecule has 1 unspecified atom stereocenters. The fourth-order valence-corrected chi connectivity index (χ4v) is 4.75. The van der Waals surface area contributed by atoms with Crippen molar-refractivity contribution in [3.05, 3.63) is 29.3 Å². The maximum atomic E-state index is 14.0. The van der Waals surface area contributed by atoms with E-state index in [1.54, 1.807) is 0 Å². The first-order valence-corrected chi connectivity index (χ1v) is 8.95. The van der Waals surface area contributed by atoms with Crippen molar-refractivity contribution in [2.75, 3.05) is 6.54 Å². The Kier molecular flexibility index (Phi) is 5.22. The fraction of sp³-hybridized carbons (Fsp3) is 0.571. The number of alkyl halides is 1. The molecule has 118 valence electrons. The third-order valence-electron chi connectivity index (χ3n) is 3.84. The summed E-state index contributed by atoms with van der Waals surface area (Å²) < 4.78 is 54.2. The van der Waals surface area contributed by atoms with Crippen LogP contribution in [0.1, 0.15) is 38.2 Å². The summed E-state index contributed by atoms with van der Waals surface area (Å²) >= 11 is 5.62. The van der Waals surface area contributed by atoms with Crippen LogP contribution in [-0.4, -0.2) is 25.3 Å². The summed E-state index contributed by atoms with van der Waals surface area (Å²) in [7, 11) is -4.05. The Hall–Kier alpha value is -0.720. The first-order chi connectivity index (χ1) is 9.91. The summed E-state index contributed by atoms with van der Waals surface area (Å²) in [4.78, 5) is -0.612. The molecule has 0 aromatic heterocycles. The van der Waals surface area contributed by atoms with Crippen molar-refractivity contribution >= 4 is 21.6 Å². The van der Waals surface area contributed by atoms with Crippen molar-refractivity contribution in [2.24, 2.45) is 0 Å². The molecular formula is C14H18ClF2NO2S. The molecule has 0 aliphatic carbocycles. The molecule has 1 aliphatic rings. The minimum atomic E-state index is -4.05. The average molecular weight is 338 g/mol. The van der Waals surface area contributed by atoms with Crippen molar-refractivity contribution in [1.82, 2.24) is 4.31 Å². The number of nitrogens with zero attached hydrogens (tertiary/aromatic N) is 1. The highest BCUT2D eigenvalue weighted by Crippen LogP contribution is 2.30. The van der Waals surface area contributed by atoms with Gasteiger partial charge in [0.2, 0.25) is 10.0 Å². The molecule has 0 amide bonds. The summed E-state index contributed by atoms with van der Waals surface area (Å²) in [5, 5.41) is 0. The molecule has 7 heteroatoms. The van der Waals surface area contributed by atoms with Crippen LogP contribution in [-0.2, 0) is 15.9 Å². The largest absolute Gasteiger partial charge is 0.246 e. The number of benzene rings is 1. The lowest BCUT2D eigenvalue weighted by Crippen LogP contribution is -2.43. The Bertz CT molecular complexity index is 622. The van der Waals surface area contributed by atoms with Gasteiger partial charge in [-0.3, -0.25) is 0 Å². The SMILES string of the molecule is CCC1CCCCN1S(=O)(=O)c1cc(CCl)cc(F)c1F. The van der Waals surface area contributed by atoms with Gasteiger partial charge in [-0.15, -0.1) is 11.6 Å². The minimum absolute atomic E-state index is 0.0725. The summed E-state index contributed by atoms with van der Waals surface area (Å²) in [5.41, 5.74) is 0.249. The Labute approximate surface area is 129 Å². The molecule has 1 heterocycles. The molecule has 1 atom stereocenters. The van der Waals surface area contributed by atoms with Crippen molar-refractivity contribution in [2.45, 2.75) is 49.4 Å². The molecule has 1 saturated heterocycles. The Morgan fingerprint density at radius 3 is 2.67 bits per heavy atom. The van der Waals surface area contributed by atoms with Crippen LogP contribution >= 0.6 is 11.6 Å². The number of piperidine rings is 1. The van der Waals surface area contributed by atoms with E-state index < -0.39 is 26.6 Å². The number of hydrogen-bond donors (Lipinski definition) is 0. The molecule has 3 nitrogen and oxygen atoms in total. The van der Waals surface area contributed by atoms with Gasteiger partial charge in [0, 0.05) is 18.5 Å². The highest BCUT2D eigenvalue weighted by molar-refractivity contribution is 7.89. The zero-order valence-electron chi connectivity index (χ0n) is 11.8. The Balaban J connectivity index is 2.50. The first-order valence-electron chi connectivity index (χ1n) is 6.97. The number of rotatable bonds is 4. The van der Waals surface area contributed by atoms with Gasteiger partial charge in [-0.2, -0.15) is 4.31 Å². The number of halogens is 3. The van der Waals surface area contributed by atoms with Gasteiger partial charge in [-0.25, -0.2) is 17.2 Å². The van der Waals surface area contributed by atoms with Gasteiger partial charge in [0.25, 0.3) is 0 Å². The van der Waals surface area contributed by atoms with E-state index in [2.05, 4.69) is 0 Å². The molecule has 0 spiro atoms. The van der Waals surface area contributed by atoms with Gasteiger partial charge in [-0.05, 0) is 37.0 Å².